The second-order valence-electron chi connectivity index (χ2n) is 3.23. The summed E-state index contributed by atoms with van der Waals surface area (Å²) in [5.41, 5.74) is 0. The predicted octanol–water partition coefficient (Wildman–Crippen LogP) is 2.98. The van der Waals surface area contributed by atoms with Gasteiger partial charge in [-0.05, 0) is 13.0 Å². The molecule has 2 aromatic rings. The quantitative estimate of drug-likeness (QED) is 0.842. The first-order valence-corrected chi connectivity index (χ1v) is 6.85. The van der Waals surface area contributed by atoms with Crippen LogP contribution in [0, 0.1) is 0 Å². The van der Waals surface area contributed by atoms with Crippen LogP contribution in [0.5, 0.6) is 0 Å². The first-order chi connectivity index (χ1) is 7.66. The zero-order valence-electron chi connectivity index (χ0n) is 8.51. The molecule has 1 N–H and O–H groups in total. The predicted molar refractivity (Wildman–Crippen MR) is 69.6 cm³/mol. The number of thiol groups is 1. The van der Waals surface area contributed by atoms with Gasteiger partial charge in [0.25, 0.3) is 5.91 Å². The van der Waals surface area contributed by atoms with Crippen LogP contribution >= 0.6 is 35.3 Å². The van der Waals surface area contributed by atoms with Gasteiger partial charge in [0.15, 0.2) is 0 Å². The molecule has 1 atom stereocenters. The minimum atomic E-state index is -0.0759. The molecule has 3 nitrogen and oxygen atoms in total. The molecule has 0 aromatic carbocycles. The van der Waals surface area contributed by atoms with Crippen molar-refractivity contribution < 1.29 is 4.79 Å². The van der Waals surface area contributed by atoms with Gasteiger partial charge in [-0.25, -0.2) is 4.98 Å². The van der Waals surface area contributed by atoms with Crippen LogP contribution in [0.4, 0.5) is 0 Å². The van der Waals surface area contributed by atoms with Gasteiger partial charge in [-0.3, -0.25) is 4.79 Å². The van der Waals surface area contributed by atoms with Crippen LogP contribution in [-0.4, -0.2) is 10.9 Å². The van der Waals surface area contributed by atoms with E-state index >= 15 is 0 Å². The van der Waals surface area contributed by atoms with E-state index in [1.165, 1.54) is 22.7 Å². The Labute approximate surface area is 107 Å². The molecule has 0 spiro atoms. The lowest BCUT2D eigenvalue weighted by Gasteiger charge is -2.09. The van der Waals surface area contributed by atoms with Crippen LogP contribution in [0.15, 0.2) is 27.9 Å². The number of rotatable bonds is 3. The number of carbonyl (C=O) groups excluding carboxylic acids is 1. The lowest BCUT2D eigenvalue weighted by molar-refractivity contribution is 0.0944. The highest BCUT2D eigenvalue weighted by Crippen LogP contribution is 2.20. The van der Waals surface area contributed by atoms with E-state index in [0.29, 0.717) is 4.88 Å². The van der Waals surface area contributed by atoms with Crippen LogP contribution in [0.3, 0.4) is 0 Å². The van der Waals surface area contributed by atoms with Crippen molar-refractivity contribution in [2.45, 2.75) is 17.9 Å². The van der Waals surface area contributed by atoms with Gasteiger partial charge in [-0.1, -0.05) is 0 Å². The van der Waals surface area contributed by atoms with E-state index in [9.17, 15) is 4.79 Å². The van der Waals surface area contributed by atoms with Crippen molar-refractivity contribution in [3.63, 3.8) is 0 Å². The van der Waals surface area contributed by atoms with Crippen LogP contribution in [0.25, 0.3) is 0 Å². The number of thiazole rings is 1. The third-order valence-corrected chi connectivity index (χ3v) is 4.30. The van der Waals surface area contributed by atoms with Crippen molar-refractivity contribution in [1.82, 2.24) is 10.3 Å². The monoisotopic (exact) mass is 270 g/mol. The molecule has 1 amide bonds. The number of thiophene rings is 1. The molecule has 1 unspecified atom stereocenters. The molecule has 0 radical (unpaired) electrons. The van der Waals surface area contributed by atoms with Crippen molar-refractivity contribution in [2.24, 2.45) is 0 Å². The Bertz CT molecular complexity index is 478. The fraction of sp³-hybridized carbons (Fsp3) is 0.200. The van der Waals surface area contributed by atoms with E-state index < -0.39 is 0 Å². The van der Waals surface area contributed by atoms with Gasteiger partial charge in [0.05, 0.1) is 10.9 Å². The maximum atomic E-state index is 11.8. The summed E-state index contributed by atoms with van der Waals surface area (Å²) in [6.07, 6.45) is 1.74. The van der Waals surface area contributed by atoms with Gasteiger partial charge in [0.1, 0.15) is 5.01 Å². The summed E-state index contributed by atoms with van der Waals surface area (Å²) < 4.78 is 0. The molecule has 0 aliphatic rings. The van der Waals surface area contributed by atoms with Gasteiger partial charge < -0.3 is 5.32 Å². The summed E-state index contributed by atoms with van der Waals surface area (Å²) in [4.78, 5) is 17.5. The van der Waals surface area contributed by atoms with Crippen molar-refractivity contribution in [3.05, 3.63) is 32.9 Å². The standard InChI is InChI=1S/C10H10N2OS3/c1-6(10-11-2-3-15-10)12-9(13)8-4-7(14)5-16-8/h2-6,14H,1H3,(H,12,13). The zero-order chi connectivity index (χ0) is 11.5. The fourth-order valence-corrected chi connectivity index (χ4v) is 2.92. The topological polar surface area (TPSA) is 42.0 Å². The SMILES string of the molecule is CC(NC(=O)c1cc(S)cs1)c1nccs1. The van der Waals surface area contributed by atoms with Gasteiger partial charge in [0, 0.05) is 21.9 Å². The van der Waals surface area contributed by atoms with Crippen molar-refractivity contribution >= 4 is 41.2 Å². The molecule has 16 heavy (non-hydrogen) atoms. The average molecular weight is 270 g/mol. The summed E-state index contributed by atoms with van der Waals surface area (Å²) in [6, 6.07) is 1.70. The van der Waals surface area contributed by atoms with Crippen molar-refractivity contribution in [3.8, 4) is 0 Å². The molecule has 0 aliphatic carbocycles. The molecule has 2 aromatic heterocycles. The number of nitrogens with one attached hydrogen (secondary N) is 1. The van der Waals surface area contributed by atoms with E-state index in [0.717, 1.165) is 9.90 Å². The van der Waals surface area contributed by atoms with Gasteiger partial charge in [-0.15, -0.1) is 35.3 Å². The maximum Gasteiger partial charge on any atom is 0.261 e. The number of hydrogen-bond donors (Lipinski definition) is 2. The van der Waals surface area contributed by atoms with E-state index in [1.54, 1.807) is 12.3 Å². The van der Waals surface area contributed by atoms with Crippen LogP contribution < -0.4 is 5.32 Å². The van der Waals surface area contributed by atoms with Crippen molar-refractivity contribution in [2.75, 3.05) is 0 Å². The highest BCUT2D eigenvalue weighted by Gasteiger charge is 2.14. The van der Waals surface area contributed by atoms with E-state index in [4.69, 9.17) is 0 Å². The highest BCUT2D eigenvalue weighted by molar-refractivity contribution is 7.80. The van der Waals surface area contributed by atoms with E-state index in [-0.39, 0.29) is 11.9 Å². The van der Waals surface area contributed by atoms with Gasteiger partial charge in [0.2, 0.25) is 0 Å². The molecular formula is C10H10N2OS3. The first-order valence-electron chi connectivity index (χ1n) is 4.64. The molecule has 6 heteroatoms. The molecule has 0 saturated carbocycles. The van der Waals surface area contributed by atoms with Crippen LogP contribution in [0.2, 0.25) is 0 Å². The number of aromatic nitrogens is 1. The summed E-state index contributed by atoms with van der Waals surface area (Å²) in [6.45, 7) is 1.92. The molecule has 84 valence electrons. The maximum absolute atomic E-state index is 11.8. The van der Waals surface area contributed by atoms with Crippen molar-refractivity contribution in [1.29, 1.82) is 0 Å². The van der Waals surface area contributed by atoms with Gasteiger partial charge in [-0.2, -0.15) is 0 Å². The summed E-state index contributed by atoms with van der Waals surface area (Å²) >= 11 is 7.10. The molecule has 0 saturated heterocycles. The Kier molecular flexibility index (Phi) is 3.63. The Hall–Kier alpha value is -0.850. The normalized spacial score (nSPS) is 12.4. The van der Waals surface area contributed by atoms with Crippen LogP contribution in [0.1, 0.15) is 27.6 Å². The third-order valence-electron chi connectivity index (χ3n) is 1.98. The number of amides is 1. The Balaban J connectivity index is 2.03. The fourth-order valence-electron chi connectivity index (χ4n) is 1.22. The highest BCUT2D eigenvalue weighted by atomic mass is 32.1. The summed E-state index contributed by atoms with van der Waals surface area (Å²) in [7, 11) is 0. The third kappa shape index (κ3) is 2.63. The zero-order valence-corrected chi connectivity index (χ0v) is 11.0. The van der Waals surface area contributed by atoms with E-state index in [1.807, 2.05) is 17.7 Å². The lowest BCUT2D eigenvalue weighted by atomic mass is 10.3. The van der Waals surface area contributed by atoms with Crippen LogP contribution in [-0.2, 0) is 0 Å². The second kappa shape index (κ2) is 4.99. The second-order valence-corrected chi connectivity index (χ2v) is 5.59. The minimum absolute atomic E-state index is 0.0574. The number of hydrogen-bond acceptors (Lipinski definition) is 5. The molecule has 0 fully saturated rings. The first kappa shape index (κ1) is 11.6. The summed E-state index contributed by atoms with van der Waals surface area (Å²) in [5.74, 6) is -0.0759. The number of carbonyl (C=O) groups is 1. The van der Waals surface area contributed by atoms with E-state index in [2.05, 4.69) is 22.9 Å². The Morgan fingerprint density at radius 3 is 2.94 bits per heavy atom. The Morgan fingerprint density at radius 2 is 2.38 bits per heavy atom. The lowest BCUT2D eigenvalue weighted by Crippen LogP contribution is -2.25. The molecule has 0 bridgehead atoms. The smallest absolute Gasteiger partial charge is 0.261 e. The number of nitrogens with zero attached hydrogens (tertiary/aromatic N) is 1. The molecule has 2 heterocycles. The summed E-state index contributed by atoms with van der Waals surface area (Å²) in [5, 5.41) is 7.55. The average Bonchev–Trinajstić information content (AvgIpc) is 2.87. The Morgan fingerprint density at radius 1 is 1.56 bits per heavy atom. The van der Waals surface area contributed by atoms with Gasteiger partial charge >= 0.3 is 0 Å². The largest absolute Gasteiger partial charge is 0.342 e. The molecule has 2 rings (SSSR count). The molecule has 0 aliphatic heterocycles. The molecular weight excluding hydrogens is 260 g/mol. The minimum Gasteiger partial charge on any atom is -0.342 e.